The zero-order valence-corrected chi connectivity index (χ0v) is 15.5. The Bertz CT molecular complexity index is 626. The molecule has 0 saturated carbocycles. The standard InChI is InChI=1S/C13H18ClN5O2S.ClH/c1-19-13(16-17-18-19)22-5-4-15-8-9-6-10(14)12(21-3)11(7-9)20-2;/h6-7,15H,4-5,8H2,1-3H3;1H. The van der Waals surface area contributed by atoms with Crippen LogP contribution in [-0.4, -0.2) is 46.7 Å². The van der Waals surface area contributed by atoms with Gasteiger partial charge in [-0.1, -0.05) is 23.4 Å². The van der Waals surface area contributed by atoms with Crippen molar-refractivity contribution in [3.05, 3.63) is 22.7 Å². The van der Waals surface area contributed by atoms with Gasteiger partial charge in [-0.2, -0.15) is 0 Å². The molecule has 1 aromatic heterocycles. The Balaban J connectivity index is 0.00000264. The van der Waals surface area contributed by atoms with Gasteiger partial charge < -0.3 is 14.8 Å². The third-order valence-corrected chi connectivity index (χ3v) is 4.21. The molecule has 1 N–H and O–H groups in total. The van der Waals surface area contributed by atoms with Crippen LogP contribution in [0, 0.1) is 0 Å². The van der Waals surface area contributed by atoms with E-state index in [9.17, 15) is 0 Å². The topological polar surface area (TPSA) is 74.1 Å². The van der Waals surface area contributed by atoms with Crippen LogP contribution in [0.2, 0.25) is 5.02 Å². The first kappa shape index (κ1) is 19.8. The summed E-state index contributed by atoms with van der Waals surface area (Å²) in [6, 6.07) is 3.78. The number of nitrogens with one attached hydrogen (secondary N) is 1. The second-order valence-corrected chi connectivity index (χ2v) is 5.89. The second kappa shape index (κ2) is 9.82. The summed E-state index contributed by atoms with van der Waals surface area (Å²) >= 11 is 7.78. The van der Waals surface area contributed by atoms with Crippen molar-refractivity contribution >= 4 is 35.8 Å². The van der Waals surface area contributed by atoms with Gasteiger partial charge in [-0.15, -0.1) is 17.5 Å². The maximum atomic E-state index is 6.18. The second-order valence-electron chi connectivity index (χ2n) is 4.42. The van der Waals surface area contributed by atoms with E-state index in [0.29, 0.717) is 23.1 Å². The smallest absolute Gasteiger partial charge is 0.209 e. The highest BCUT2D eigenvalue weighted by atomic mass is 35.5. The van der Waals surface area contributed by atoms with Crippen molar-refractivity contribution in [3.8, 4) is 11.5 Å². The SMILES string of the molecule is COc1cc(CNCCSc2nnnn2C)cc(Cl)c1OC.Cl. The first-order chi connectivity index (χ1) is 10.7. The summed E-state index contributed by atoms with van der Waals surface area (Å²) in [6.45, 7) is 1.52. The van der Waals surface area contributed by atoms with Crippen LogP contribution in [0.4, 0.5) is 0 Å². The minimum absolute atomic E-state index is 0. The molecule has 0 spiro atoms. The van der Waals surface area contributed by atoms with E-state index in [0.717, 1.165) is 23.0 Å². The maximum absolute atomic E-state index is 6.18. The van der Waals surface area contributed by atoms with Gasteiger partial charge in [0.2, 0.25) is 5.16 Å². The number of ether oxygens (including phenoxy) is 2. The molecule has 10 heteroatoms. The third kappa shape index (κ3) is 5.42. The summed E-state index contributed by atoms with van der Waals surface area (Å²) in [6.07, 6.45) is 0. The number of hydrogen-bond acceptors (Lipinski definition) is 7. The lowest BCUT2D eigenvalue weighted by Crippen LogP contribution is -2.17. The summed E-state index contributed by atoms with van der Waals surface area (Å²) in [4.78, 5) is 0. The summed E-state index contributed by atoms with van der Waals surface area (Å²) in [5.41, 5.74) is 1.04. The zero-order valence-electron chi connectivity index (χ0n) is 13.1. The molecule has 2 aromatic rings. The van der Waals surface area contributed by atoms with E-state index in [1.165, 1.54) is 0 Å². The highest BCUT2D eigenvalue weighted by Crippen LogP contribution is 2.35. The van der Waals surface area contributed by atoms with E-state index in [1.54, 1.807) is 30.7 Å². The van der Waals surface area contributed by atoms with E-state index >= 15 is 0 Å². The third-order valence-electron chi connectivity index (χ3n) is 2.91. The number of methoxy groups -OCH3 is 2. The molecule has 0 fully saturated rings. The molecule has 128 valence electrons. The van der Waals surface area contributed by atoms with Crippen LogP contribution in [0.15, 0.2) is 17.3 Å². The molecule has 0 aliphatic carbocycles. The molecule has 0 unspecified atom stereocenters. The summed E-state index contributed by atoms with van der Waals surface area (Å²) in [5, 5.41) is 16.0. The highest BCUT2D eigenvalue weighted by molar-refractivity contribution is 7.99. The van der Waals surface area contributed by atoms with Gasteiger partial charge in [0, 0.05) is 25.9 Å². The average molecular weight is 380 g/mol. The molecular weight excluding hydrogens is 361 g/mol. The zero-order chi connectivity index (χ0) is 15.9. The van der Waals surface area contributed by atoms with Crippen LogP contribution in [-0.2, 0) is 13.6 Å². The average Bonchev–Trinajstić information content (AvgIpc) is 2.91. The molecule has 0 saturated heterocycles. The number of benzene rings is 1. The minimum atomic E-state index is 0. The van der Waals surface area contributed by atoms with E-state index in [4.69, 9.17) is 21.1 Å². The van der Waals surface area contributed by atoms with Gasteiger partial charge in [0.15, 0.2) is 11.5 Å². The number of aryl methyl sites for hydroxylation is 1. The number of tetrazole rings is 1. The van der Waals surface area contributed by atoms with Gasteiger partial charge in [-0.3, -0.25) is 0 Å². The Morgan fingerprint density at radius 1 is 1.30 bits per heavy atom. The van der Waals surface area contributed by atoms with Crippen molar-refractivity contribution in [2.45, 2.75) is 11.7 Å². The normalized spacial score (nSPS) is 10.3. The Labute approximate surface area is 150 Å². The predicted octanol–water partition coefficient (Wildman–Crippen LogP) is 2.18. The fourth-order valence-electron chi connectivity index (χ4n) is 1.86. The molecule has 2 rings (SSSR count). The fraction of sp³-hybridized carbons (Fsp3) is 0.462. The number of hydrogen-bond donors (Lipinski definition) is 1. The molecule has 0 radical (unpaired) electrons. The van der Waals surface area contributed by atoms with Crippen LogP contribution in [0.1, 0.15) is 5.56 Å². The Hall–Kier alpha value is -1.22. The lowest BCUT2D eigenvalue weighted by molar-refractivity contribution is 0.354. The van der Waals surface area contributed by atoms with E-state index in [2.05, 4.69) is 20.8 Å². The Kier molecular flexibility index (Phi) is 8.46. The molecule has 0 amide bonds. The first-order valence-corrected chi connectivity index (χ1v) is 7.98. The number of rotatable bonds is 8. The minimum Gasteiger partial charge on any atom is -0.493 e. The van der Waals surface area contributed by atoms with Crippen molar-refractivity contribution in [1.82, 2.24) is 25.5 Å². The number of thioether (sulfide) groups is 1. The van der Waals surface area contributed by atoms with Gasteiger partial charge in [0.05, 0.1) is 19.2 Å². The Morgan fingerprint density at radius 3 is 2.70 bits per heavy atom. The number of nitrogens with zero attached hydrogens (tertiary/aromatic N) is 4. The largest absolute Gasteiger partial charge is 0.493 e. The molecule has 1 aromatic carbocycles. The first-order valence-electron chi connectivity index (χ1n) is 6.62. The van der Waals surface area contributed by atoms with Gasteiger partial charge >= 0.3 is 0 Å². The summed E-state index contributed by atoms with van der Waals surface area (Å²) in [7, 11) is 4.98. The van der Waals surface area contributed by atoms with Gasteiger partial charge in [-0.05, 0) is 28.1 Å². The lowest BCUT2D eigenvalue weighted by Gasteiger charge is -2.12. The monoisotopic (exact) mass is 379 g/mol. The molecule has 0 atom stereocenters. The number of aromatic nitrogens is 4. The van der Waals surface area contributed by atoms with E-state index < -0.39 is 0 Å². The molecule has 7 nitrogen and oxygen atoms in total. The lowest BCUT2D eigenvalue weighted by atomic mass is 10.2. The molecule has 23 heavy (non-hydrogen) atoms. The van der Waals surface area contributed by atoms with Crippen LogP contribution in [0.3, 0.4) is 0 Å². The summed E-state index contributed by atoms with van der Waals surface area (Å²) in [5.74, 6) is 2.06. The molecule has 1 heterocycles. The molecule has 0 aliphatic heterocycles. The maximum Gasteiger partial charge on any atom is 0.209 e. The quantitative estimate of drug-likeness (QED) is 0.556. The predicted molar refractivity (Wildman–Crippen MR) is 93.0 cm³/mol. The van der Waals surface area contributed by atoms with E-state index in [-0.39, 0.29) is 12.4 Å². The van der Waals surface area contributed by atoms with Crippen molar-refractivity contribution < 1.29 is 9.47 Å². The van der Waals surface area contributed by atoms with E-state index in [1.807, 2.05) is 19.2 Å². The van der Waals surface area contributed by atoms with Crippen molar-refractivity contribution in [3.63, 3.8) is 0 Å². The van der Waals surface area contributed by atoms with Gasteiger partial charge in [0.25, 0.3) is 0 Å². The van der Waals surface area contributed by atoms with Crippen LogP contribution in [0.25, 0.3) is 0 Å². The van der Waals surface area contributed by atoms with Crippen molar-refractivity contribution in [2.75, 3.05) is 26.5 Å². The fourth-order valence-corrected chi connectivity index (χ4v) is 2.92. The summed E-state index contributed by atoms with van der Waals surface area (Å²) < 4.78 is 12.1. The van der Waals surface area contributed by atoms with Crippen LogP contribution in [0.5, 0.6) is 11.5 Å². The highest BCUT2D eigenvalue weighted by Gasteiger charge is 2.10. The Morgan fingerprint density at radius 2 is 2.09 bits per heavy atom. The van der Waals surface area contributed by atoms with Gasteiger partial charge in [-0.25, -0.2) is 4.68 Å². The van der Waals surface area contributed by atoms with Crippen LogP contribution < -0.4 is 14.8 Å². The van der Waals surface area contributed by atoms with Crippen molar-refractivity contribution in [2.24, 2.45) is 7.05 Å². The molecular formula is C13H19Cl2N5O2S. The van der Waals surface area contributed by atoms with Gasteiger partial charge in [0.1, 0.15) is 0 Å². The molecule has 0 aliphatic rings. The number of halogens is 2. The van der Waals surface area contributed by atoms with Crippen LogP contribution >= 0.6 is 35.8 Å². The van der Waals surface area contributed by atoms with Crippen molar-refractivity contribution in [1.29, 1.82) is 0 Å². The molecule has 0 bridgehead atoms.